The molecule has 3 aromatic rings. The van der Waals surface area contributed by atoms with Gasteiger partial charge >= 0.3 is 0 Å². The van der Waals surface area contributed by atoms with Crippen molar-refractivity contribution in [3.8, 4) is 17.1 Å². The van der Waals surface area contributed by atoms with E-state index < -0.39 is 0 Å². The maximum Gasteiger partial charge on any atom is 0.259 e. The van der Waals surface area contributed by atoms with Gasteiger partial charge < -0.3 is 9.72 Å². The van der Waals surface area contributed by atoms with Gasteiger partial charge in [0, 0.05) is 5.56 Å². The predicted molar refractivity (Wildman–Crippen MR) is 98.3 cm³/mol. The zero-order chi connectivity index (χ0) is 18.0. The van der Waals surface area contributed by atoms with Gasteiger partial charge in [-0.15, -0.1) is 0 Å². The number of para-hydroxylation sites is 1. The molecule has 1 heterocycles. The molecule has 128 valence electrons. The van der Waals surface area contributed by atoms with Crippen LogP contribution in [0.1, 0.15) is 36.2 Å². The van der Waals surface area contributed by atoms with Gasteiger partial charge in [0.15, 0.2) is 5.78 Å². The van der Waals surface area contributed by atoms with Crippen molar-refractivity contribution in [2.24, 2.45) is 0 Å². The van der Waals surface area contributed by atoms with Gasteiger partial charge in [-0.1, -0.05) is 19.1 Å². The molecular formula is C20H20N2O3. The highest BCUT2D eigenvalue weighted by atomic mass is 16.5. The number of carbonyl (C=O) groups is 1. The normalized spacial score (nSPS) is 10.8. The summed E-state index contributed by atoms with van der Waals surface area (Å²) in [4.78, 5) is 31.7. The van der Waals surface area contributed by atoms with Gasteiger partial charge in [0.25, 0.3) is 5.56 Å². The van der Waals surface area contributed by atoms with Crippen molar-refractivity contribution in [2.75, 3.05) is 6.61 Å². The number of H-pyrrole nitrogens is 1. The predicted octanol–water partition coefficient (Wildman–Crippen LogP) is 3.89. The first-order valence-electron chi connectivity index (χ1n) is 8.29. The van der Waals surface area contributed by atoms with Crippen LogP contribution < -0.4 is 10.3 Å². The van der Waals surface area contributed by atoms with Gasteiger partial charge in [-0.3, -0.25) is 9.59 Å². The van der Waals surface area contributed by atoms with Crippen LogP contribution in [0.2, 0.25) is 0 Å². The molecule has 0 aliphatic rings. The summed E-state index contributed by atoms with van der Waals surface area (Å²) in [6.45, 7) is 5.98. The molecule has 0 atom stereocenters. The van der Waals surface area contributed by atoms with Crippen LogP contribution in [0.3, 0.4) is 0 Å². The SMILES string of the molecule is CCCOc1ccc(C(C)=O)cc1-c1nc2c(C)cccc2c(=O)[nH]1. The average molecular weight is 336 g/mol. The molecule has 2 aromatic carbocycles. The highest BCUT2D eigenvalue weighted by Gasteiger charge is 2.14. The van der Waals surface area contributed by atoms with Gasteiger partial charge in [0.1, 0.15) is 11.6 Å². The lowest BCUT2D eigenvalue weighted by atomic mass is 10.1. The Morgan fingerprint density at radius 3 is 2.76 bits per heavy atom. The van der Waals surface area contributed by atoms with Gasteiger partial charge in [-0.2, -0.15) is 0 Å². The van der Waals surface area contributed by atoms with E-state index in [9.17, 15) is 9.59 Å². The van der Waals surface area contributed by atoms with Crippen molar-refractivity contribution in [2.45, 2.75) is 27.2 Å². The van der Waals surface area contributed by atoms with Gasteiger partial charge in [-0.25, -0.2) is 4.98 Å². The maximum absolute atomic E-state index is 12.5. The summed E-state index contributed by atoms with van der Waals surface area (Å²) in [5, 5.41) is 0.544. The fraction of sp³-hybridized carbons (Fsp3) is 0.250. The molecule has 0 aliphatic heterocycles. The minimum absolute atomic E-state index is 0.0531. The average Bonchev–Trinajstić information content (AvgIpc) is 2.60. The fourth-order valence-corrected chi connectivity index (χ4v) is 2.70. The lowest BCUT2D eigenvalue weighted by Crippen LogP contribution is -2.11. The number of aryl methyl sites for hydroxylation is 1. The smallest absolute Gasteiger partial charge is 0.259 e. The summed E-state index contributed by atoms with van der Waals surface area (Å²) in [6, 6.07) is 10.7. The molecule has 25 heavy (non-hydrogen) atoms. The number of ether oxygens (including phenoxy) is 1. The van der Waals surface area contributed by atoms with Crippen molar-refractivity contribution in [3.63, 3.8) is 0 Å². The Hall–Kier alpha value is -2.95. The zero-order valence-electron chi connectivity index (χ0n) is 14.6. The first-order valence-corrected chi connectivity index (χ1v) is 8.29. The van der Waals surface area contributed by atoms with E-state index in [-0.39, 0.29) is 11.3 Å². The third-order valence-electron chi connectivity index (χ3n) is 4.04. The second-order valence-corrected chi connectivity index (χ2v) is 6.00. The van der Waals surface area contributed by atoms with Crippen LogP contribution in [-0.2, 0) is 0 Å². The zero-order valence-corrected chi connectivity index (χ0v) is 14.6. The molecule has 1 aromatic heterocycles. The van der Waals surface area contributed by atoms with Crippen molar-refractivity contribution >= 4 is 16.7 Å². The Kier molecular flexibility index (Phi) is 4.65. The molecule has 5 nitrogen and oxygen atoms in total. The minimum Gasteiger partial charge on any atom is -0.493 e. The van der Waals surface area contributed by atoms with Crippen LogP contribution >= 0.6 is 0 Å². The highest BCUT2D eigenvalue weighted by Crippen LogP contribution is 2.29. The van der Waals surface area contributed by atoms with E-state index in [4.69, 9.17) is 4.74 Å². The van der Waals surface area contributed by atoms with E-state index in [0.717, 1.165) is 12.0 Å². The van der Waals surface area contributed by atoms with Crippen molar-refractivity contribution in [1.82, 2.24) is 9.97 Å². The molecule has 1 N–H and O–H groups in total. The molecule has 3 rings (SSSR count). The fourth-order valence-electron chi connectivity index (χ4n) is 2.70. The Morgan fingerprint density at radius 1 is 1.24 bits per heavy atom. The molecular weight excluding hydrogens is 316 g/mol. The number of benzene rings is 2. The first-order chi connectivity index (χ1) is 12.0. The van der Waals surface area contributed by atoms with E-state index >= 15 is 0 Å². The number of nitrogens with one attached hydrogen (secondary N) is 1. The number of nitrogens with zero attached hydrogens (tertiary/aromatic N) is 1. The number of hydrogen-bond acceptors (Lipinski definition) is 4. The Balaban J connectivity index is 2.25. The van der Waals surface area contributed by atoms with Crippen LogP contribution in [0.25, 0.3) is 22.3 Å². The largest absolute Gasteiger partial charge is 0.493 e. The quantitative estimate of drug-likeness (QED) is 0.718. The number of rotatable bonds is 5. The number of ketones is 1. The lowest BCUT2D eigenvalue weighted by molar-refractivity contribution is 0.101. The van der Waals surface area contributed by atoms with Crippen molar-refractivity contribution < 1.29 is 9.53 Å². The molecule has 0 spiro atoms. The minimum atomic E-state index is -0.210. The van der Waals surface area contributed by atoms with Gasteiger partial charge in [0.05, 0.1) is 23.1 Å². The second-order valence-electron chi connectivity index (χ2n) is 6.00. The maximum atomic E-state index is 12.5. The molecule has 5 heteroatoms. The molecule has 0 saturated carbocycles. The monoisotopic (exact) mass is 336 g/mol. The second kappa shape index (κ2) is 6.89. The van der Waals surface area contributed by atoms with E-state index in [1.165, 1.54) is 6.92 Å². The van der Waals surface area contributed by atoms with E-state index in [2.05, 4.69) is 9.97 Å². The van der Waals surface area contributed by atoms with Crippen LogP contribution in [0.4, 0.5) is 0 Å². The summed E-state index contributed by atoms with van der Waals surface area (Å²) in [5.41, 5.74) is 2.52. The summed E-state index contributed by atoms with van der Waals surface area (Å²) in [5.74, 6) is 0.951. The lowest BCUT2D eigenvalue weighted by Gasteiger charge is -2.12. The van der Waals surface area contributed by atoms with Crippen LogP contribution in [0.5, 0.6) is 5.75 Å². The number of aromatic nitrogens is 2. The number of Topliss-reactive ketones (excluding diaryl/α,β-unsaturated/α-hetero) is 1. The van der Waals surface area contributed by atoms with Crippen LogP contribution in [0.15, 0.2) is 41.2 Å². The third-order valence-corrected chi connectivity index (χ3v) is 4.04. The molecule has 0 saturated heterocycles. The number of aromatic amines is 1. The molecule has 0 aliphatic carbocycles. The summed E-state index contributed by atoms with van der Waals surface area (Å²) >= 11 is 0. The van der Waals surface area contributed by atoms with Gasteiger partial charge in [0.2, 0.25) is 0 Å². The third kappa shape index (κ3) is 3.31. The molecule has 0 bridgehead atoms. The molecule has 0 unspecified atom stereocenters. The Morgan fingerprint density at radius 2 is 2.04 bits per heavy atom. The van der Waals surface area contributed by atoms with E-state index in [0.29, 0.717) is 40.2 Å². The van der Waals surface area contributed by atoms with E-state index in [1.54, 1.807) is 24.3 Å². The van der Waals surface area contributed by atoms with Gasteiger partial charge in [-0.05, 0) is 50.1 Å². The molecule has 0 amide bonds. The highest BCUT2D eigenvalue weighted by molar-refractivity contribution is 5.96. The molecule has 0 fully saturated rings. The van der Waals surface area contributed by atoms with Crippen LogP contribution in [-0.4, -0.2) is 22.4 Å². The Labute approximate surface area is 145 Å². The topological polar surface area (TPSA) is 72.0 Å². The number of carbonyl (C=O) groups excluding carboxylic acids is 1. The summed E-state index contributed by atoms with van der Waals surface area (Å²) in [7, 11) is 0. The van der Waals surface area contributed by atoms with Crippen molar-refractivity contribution in [3.05, 3.63) is 57.9 Å². The first kappa shape index (κ1) is 16.9. The molecule has 0 radical (unpaired) electrons. The number of fused-ring (bicyclic) bond motifs is 1. The number of hydrogen-bond donors (Lipinski definition) is 1. The van der Waals surface area contributed by atoms with Crippen LogP contribution in [0, 0.1) is 6.92 Å². The summed E-state index contributed by atoms with van der Waals surface area (Å²) in [6.07, 6.45) is 0.856. The standard InChI is InChI=1S/C20H20N2O3/c1-4-10-25-17-9-8-14(13(3)23)11-16(17)19-21-18-12(2)6-5-7-15(18)20(24)22-19/h5-9,11H,4,10H2,1-3H3,(H,21,22,24). The Bertz CT molecular complexity index is 1010. The summed E-state index contributed by atoms with van der Waals surface area (Å²) < 4.78 is 5.78. The van der Waals surface area contributed by atoms with E-state index in [1.807, 2.05) is 26.0 Å². The van der Waals surface area contributed by atoms with Crippen molar-refractivity contribution in [1.29, 1.82) is 0 Å².